The van der Waals surface area contributed by atoms with Gasteiger partial charge in [-0.05, 0) is 13.8 Å². The van der Waals surface area contributed by atoms with Gasteiger partial charge in [0.2, 0.25) is 0 Å². The van der Waals surface area contributed by atoms with Crippen molar-refractivity contribution in [2.45, 2.75) is 13.8 Å². The zero-order chi connectivity index (χ0) is 7.98. The molecule has 3 nitrogen and oxygen atoms in total. The molecule has 0 aromatic rings. The lowest BCUT2D eigenvalue weighted by atomic mass is 10.3. The standard InChI is InChI=1S/C7H15NO2/c1-7(2)3-4-8(5-9)6-10/h3,9-10H,4-6H2,1-2H3. The highest BCUT2D eigenvalue weighted by molar-refractivity contribution is 4.94. The summed E-state index contributed by atoms with van der Waals surface area (Å²) in [6.07, 6.45) is 1.95. The molecule has 0 unspecified atom stereocenters. The van der Waals surface area contributed by atoms with E-state index in [0.29, 0.717) is 6.54 Å². The largest absolute Gasteiger partial charge is 0.381 e. The first-order chi connectivity index (χ1) is 4.70. The Morgan fingerprint density at radius 2 is 1.80 bits per heavy atom. The van der Waals surface area contributed by atoms with Gasteiger partial charge in [-0.2, -0.15) is 0 Å². The molecule has 0 amide bonds. The van der Waals surface area contributed by atoms with Crippen molar-refractivity contribution in [1.29, 1.82) is 0 Å². The fourth-order valence-electron chi connectivity index (χ4n) is 0.472. The summed E-state index contributed by atoms with van der Waals surface area (Å²) < 4.78 is 0. The van der Waals surface area contributed by atoms with Gasteiger partial charge in [0.25, 0.3) is 0 Å². The molecule has 0 aliphatic carbocycles. The van der Waals surface area contributed by atoms with Crippen molar-refractivity contribution in [2.24, 2.45) is 0 Å². The Balaban J connectivity index is 3.54. The zero-order valence-electron chi connectivity index (χ0n) is 6.54. The molecule has 0 spiro atoms. The molecule has 0 aliphatic heterocycles. The molecule has 2 N–H and O–H groups in total. The van der Waals surface area contributed by atoms with Crippen LogP contribution in [0, 0.1) is 0 Å². The summed E-state index contributed by atoms with van der Waals surface area (Å²) in [6.45, 7) is 4.37. The highest BCUT2D eigenvalue weighted by atomic mass is 16.3. The van der Waals surface area contributed by atoms with E-state index in [2.05, 4.69) is 0 Å². The number of hydrogen-bond donors (Lipinski definition) is 2. The molecule has 0 saturated heterocycles. The molecule has 0 aliphatic rings. The smallest absolute Gasteiger partial charge is 0.0976 e. The van der Waals surface area contributed by atoms with E-state index in [-0.39, 0.29) is 13.5 Å². The average Bonchev–Trinajstić information content (AvgIpc) is 1.90. The Labute approximate surface area is 61.6 Å². The van der Waals surface area contributed by atoms with Crippen molar-refractivity contribution in [3.05, 3.63) is 11.6 Å². The van der Waals surface area contributed by atoms with Crippen LogP contribution in [0.1, 0.15) is 13.8 Å². The molecular weight excluding hydrogens is 130 g/mol. The first-order valence-electron chi connectivity index (χ1n) is 3.28. The van der Waals surface area contributed by atoms with Crippen LogP contribution in [0.25, 0.3) is 0 Å². The summed E-state index contributed by atoms with van der Waals surface area (Å²) in [6, 6.07) is 0. The predicted octanol–water partition coefficient (Wildman–Crippen LogP) is 0.154. The first kappa shape index (κ1) is 9.62. The van der Waals surface area contributed by atoms with Crippen molar-refractivity contribution in [2.75, 3.05) is 20.0 Å². The number of aliphatic hydroxyl groups excluding tert-OH is 2. The van der Waals surface area contributed by atoms with Crippen LogP contribution in [0.2, 0.25) is 0 Å². The summed E-state index contributed by atoms with van der Waals surface area (Å²) in [5.41, 5.74) is 1.19. The van der Waals surface area contributed by atoms with E-state index < -0.39 is 0 Å². The van der Waals surface area contributed by atoms with Gasteiger partial charge in [-0.3, -0.25) is 4.90 Å². The molecule has 0 atom stereocenters. The SMILES string of the molecule is CC(C)=CCN(CO)CO. The van der Waals surface area contributed by atoms with E-state index in [0.717, 1.165) is 0 Å². The molecule has 0 rings (SSSR count). The Morgan fingerprint density at radius 3 is 2.10 bits per heavy atom. The van der Waals surface area contributed by atoms with Crippen molar-refractivity contribution in [1.82, 2.24) is 4.90 Å². The molecule has 0 aromatic carbocycles. The van der Waals surface area contributed by atoms with E-state index in [1.165, 1.54) is 10.5 Å². The lowest BCUT2D eigenvalue weighted by Gasteiger charge is -2.12. The topological polar surface area (TPSA) is 43.7 Å². The maximum absolute atomic E-state index is 8.58. The fourth-order valence-corrected chi connectivity index (χ4v) is 0.472. The van der Waals surface area contributed by atoms with Crippen molar-refractivity contribution >= 4 is 0 Å². The molecule has 10 heavy (non-hydrogen) atoms. The third-order valence-corrected chi connectivity index (χ3v) is 1.16. The van der Waals surface area contributed by atoms with Gasteiger partial charge in [-0.25, -0.2) is 0 Å². The van der Waals surface area contributed by atoms with Crippen molar-refractivity contribution in [3.8, 4) is 0 Å². The molecule has 0 saturated carbocycles. The van der Waals surface area contributed by atoms with E-state index >= 15 is 0 Å². The normalized spacial score (nSPS) is 10.1. The molecular formula is C7H15NO2. The van der Waals surface area contributed by atoms with Crippen LogP contribution in [0.15, 0.2) is 11.6 Å². The van der Waals surface area contributed by atoms with Crippen LogP contribution in [-0.2, 0) is 0 Å². The maximum atomic E-state index is 8.58. The van der Waals surface area contributed by atoms with Gasteiger partial charge in [-0.1, -0.05) is 11.6 Å². The number of rotatable bonds is 4. The summed E-state index contributed by atoms with van der Waals surface area (Å²) >= 11 is 0. The monoisotopic (exact) mass is 145 g/mol. The number of allylic oxidation sites excluding steroid dienone is 1. The van der Waals surface area contributed by atoms with Gasteiger partial charge >= 0.3 is 0 Å². The van der Waals surface area contributed by atoms with Gasteiger partial charge in [0.15, 0.2) is 0 Å². The number of aliphatic hydroxyl groups is 2. The molecule has 3 heteroatoms. The summed E-state index contributed by atoms with van der Waals surface area (Å²) in [5, 5.41) is 17.2. The van der Waals surface area contributed by atoms with Gasteiger partial charge in [-0.15, -0.1) is 0 Å². The van der Waals surface area contributed by atoms with Crippen LogP contribution in [-0.4, -0.2) is 35.1 Å². The second-order valence-electron chi connectivity index (χ2n) is 2.42. The molecule has 0 bridgehead atoms. The predicted molar refractivity (Wildman–Crippen MR) is 40.3 cm³/mol. The van der Waals surface area contributed by atoms with Gasteiger partial charge in [0, 0.05) is 6.54 Å². The van der Waals surface area contributed by atoms with Crippen molar-refractivity contribution < 1.29 is 10.2 Å². The molecule has 60 valence electrons. The summed E-state index contributed by atoms with van der Waals surface area (Å²) in [5.74, 6) is 0. The van der Waals surface area contributed by atoms with Crippen LogP contribution in [0.4, 0.5) is 0 Å². The average molecular weight is 145 g/mol. The maximum Gasteiger partial charge on any atom is 0.0976 e. The Kier molecular flexibility index (Phi) is 5.20. The summed E-state index contributed by atoms with van der Waals surface area (Å²) in [7, 11) is 0. The summed E-state index contributed by atoms with van der Waals surface area (Å²) in [4.78, 5) is 1.51. The molecule has 0 heterocycles. The van der Waals surface area contributed by atoms with E-state index in [4.69, 9.17) is 10.2 Å². The van der Waals surface area contributed by atoms with E-state index in [9.17, 15) is 0 Å². The molecule has 0 radical (unpaired) electrons. The first-order valence-corrected chi connectivity index (χ1v) is 3.28. The van der Waals surface area contributed by atoms with Crippen LogP contribution in [0.3, 0.4) is 0 Å². The Bertz CT molecular complexity index is 104. The van der Waals surface area contributed by atoms with Gasteiger partial charge < -0.3 is 10.2 Å². The van der Waals surface area contributed by atoms with Crippen LogP contribution in [0.5, 0.6) is 0 Å². The Morgan fingerprint density at radius 1 is 1.30 bits per heavy atom. The Hall–Kier alpha value is -0.380. The minimum absolute atomic E-state index is 0.0969. The van der Waals surface area contributed by atoms with Gasteiger partial charge in [0.1, 0.15) is 0 Å². The quantitative estimate of drug-likeness (QED) is 0.437. The zero-order valence-corrected chi connectivity index (χ0v) is 6.54. The number of nitrogens with zero attached hydrogens (tertiary/aromatic N) is 1. The third-order valence-electron chi connectivity index (χ3n) is 1.16. The van der Waals surface area contributed by atoms with Gasteiger partial charge in [0.05, 0.1) is 13.5 Å². The highest BCUT2D eigenvalue weighted by Crippen LogP contribution is 1.90. The highest BCUT2D eigenvalue weighted by Gasteiger charge is 1.95. The fraction of sp³-hybridized carbons (Fsp3) is 0.714. The molecule has 0 aromatic heterocycles. The van der Waals surface area contributed by atoms with E-state index in [1.54, 1.807) is 0 Å². The lowest BCUT2D eigenvalue weighted by Crippen LogP contribution is -2.25. The van der Waals surface area contributed by atoms with E-state index in [1.807, 2.05) is 19.9 Å². The minimum atomic E-state index is -0.0969. The number of hydrogen-bond acceptors (Lipinski definition) is 3. The van der Waals surface area contributed by atoms with Crippen molar-refractivity contribution in [3.63, 3.8) is 0 Å². The lowest BCUT2D eigenvalue weighted by molar-refractivity contribution is 0.0389. The minimum Gasteiger partial charge on any atom is -0.381 e. The third kappa shape index (κ3) is 4.49. The second kappa shape index (κ2) is 5.41. The van der Waals surface area contributed by atoms with Crippen LogP contribution >= 0.6 is 0 Å². The molecule has 0 fully saturated rings. The van der Waals surface area contributed by atoms with Crippen LogP contribution < -0.4 is 0 Å². The second-order valence-corrected chi connectivity index (χ2v) is 2.42.